The Balaban J connectivity index is 0.000000131. The largest absolute Gasteiger partial charge is 0.439 e. The van der Waals surface area contributed by atoms with E-state index < -0.39 is 5.76 Å². The number of aryl methyl sites for hydroxylation is 1. The standard InChI is InChI=1S/C9H7NO2.C7H6N2/c1-6-2-3-7-5-10-9(11)12-8(7)4-6;1-2-4-7-6(3-1)8-5-9-7/h2-5H,1H3;1-5H,(H,8,9). The molecule has 2 heterocycles. The third-order valence-corrected chi connectivity index (χ3v) is 3.00. The highest BCUT2D eigenvalue weighted by Gasteiger charge is 1.96. The molecule has 1 N–H and O–H groups in total. The number of hydrogen-bond acceptors (Lipinski definition) is 4. The minimum absolute atomic E-state index is 0.548. The summed E-state index contributed by atoms with van der Waals surface area (Å²) in [6.07, 6.45) is 3.21. The first-order valence-corrected chi connectivity index (χ1v) is 6.47. The molecule has 0 unspecified atom stereocenters. The van der Waals surface area contributed by atoms with Crippen molar-refractivity contribution in [3.05, 3.63) is 71.1 Å². The Labute approximate surface area is 120 Å². The average Bonchev–Trinajstić information content (AvgIpc) is 2.96. The van der Waals surface area contributed by atoms with E-state index in [1.807, 2.05) is 49.4 Å². The molecule has 2 aromatic heterocycles. The molecule has 0 aliphatic heterocycles. The minimum atomic E-state index is -0.548. The first-order valence-electron chi connectivity index (χ1n) is 6.47. The molecular formula is C16H13N3O2. The van der Waals surface area contributed by atoms with Gasteiger partial charge in [-0.15, -0.1) is 0 Å². The second-order valence-corrected chi connectivity index (χ2v) is 4.59. The number of nitrogens with one attached hydrogen (secondary N) is 1. The Kier molecular flexibility index (Phi) is 3.47. The zero-order valence-corrected chi connectivity index (χ0v) is 11.4. The number of fused-ring (bicyclic) bond motifs is 2. The number of para-hydroxylation sites is 2. The van der Waals surface area contributed by atoms with Crippen LogP contribution in [0.1, 0.15) is 5.56 Å². The number of benzene rings is 2. The van der Waals surface area contributed by atoms with Crippen molar-refractivity contribution in [2.24, 2.45) is 0 Å². The highest BCUT2D eigenvalue weighted by molar-refractivity contribution is 5.75. The average molecular weight is 279 g/mol. The maximum absolute atomic E-state index is 10.7. The van der Waals surface area contributed by atoms with Crippen LogP contribution >= 0.6 is 0 Å². The fourth-order valence-electron chi connectivity index (χ4n) is 1.96. The van der Waals surface area contributed by atoms with Crippen molar-refractivity contribution < 1.29 is 4.42 Å². The van der Waals surface area contributed by atoms with E-state index in [2.05, 4.69) is 15.0 Å². The van der Waals surface area contributed by atoms with E-state index in [-0.39, 0.29) is 0 Å². The van der Waals surface area contributed by atoms with E-state index in [0.717, 1.165) is 22.0 Å². The Bertz CT molecular complexity index is 910. The molecule has 0 aliphatic rings. The van der Waals surface area contributed by atoms with Gasteiger partial charge in [-0.05, 0) is 36.8 Å². The minimum Gasteiger partial charge on any atom is -0.408 e. The monoisotopic (exact) mass is 279 g/mol. The molecule has 104 valence electrons. The van der Waals surface area contributed by atoms with Crippen LogP contribution in [0.4, 0.5) is 0 Å². The Morgan fingerprint density at radius 1 is 1.10 bits per heavy atom. The number of H-pyrrole nitrogens is 1. The highest BCUT2D eigenvalue weighted by Crippen LogP contribution is 2.11. The van der Waals surface area contributed by atoms with E-state index in [9.17, 15) is 4.79 Å². The van der Waals surface area contributed by atoms with Crippen LogP contribution in [0, 0.1) is 6.92 Å². The van der Waals surface area contributed by atoms with E-state index >= 15 is 0 Å². The molecule has 4 aromatic rings. The lowest BCUT2D eigenvalue weighted by molar-refractivity contribution is 0.531. The Morgan fingerprint density at radius 2 is 1.95 bits per heavy atom. The molecule has 0 saturated heterocycles. The van der Waals surface area contributed by atoms with E-state index in [4.69, 9.17) is 4.42 Å². The maximum Gasteiger partial charge on any atom is 0.439 e. The number of nitrogens with zero attached hydrogens (tertiary/aromatic N) is 2. The smallest absolute Gasteiger partial charge is 0.408 e. The van der Waals surface area contributed by atoms with Crippen molar-refractivity contribution in [3.8, 4) is 0 Å². The summed E-state index contributed by atoms with van der Waals surface area (Å²) >= 11 is 0. The summed E-state index contributed by atoms with van der Waals surface area (Å²) in [6.45, 7) is 1.94. The summed E-state index contributed by atoms with van der Waals surface area (Å²) in [4.78, 5) is 21.3. The van der Waals surface area contributed by atoms with Gasteiger partial charge in [0.1, 0.15) is 5.58 Å². The van der Waals surface area contributed by atoms with Crippen molar-refractivity contribution in [2.75, 3.05) is 0 Å². The summed E-state index contributed by atoms with van der Waals surface area (Å²) in [5.74, 6) is -0.548. The van der Waals surface area contributed by atoms with Gasteiger partial charge in [-0.1, -0.05) is 18.2 Å². The molecule has 4 rings (SSSR count). The fraction of sp³-hybridized carbons (Fsp3) is 0.0625. The van der Waals surface area contributed by atoms with Crippen LogP contribution in [0.3, 0.4) is 0 Å². The molecule has 0 spiro atoms. The van der Waals surface area contributed by atoms with Gasteiger partial charge < -0.3 is 9.40 Å². The summed E-state index contributed by atoms with van der Waals surface area (Å²) in [6, 6.07) is 13.6. The summed E-state index contributed by atoms with van der Waals surface area (Å²) in [7, 11) is 0. The molecule has 2 aromatic carbocycles. The number of aromatic nitrogens is 3. The third kappa shape index (κ3) is 2.97. The van der Waals surface area contributed by atoms with Gasteiger partial charge in [0.15, 0.2) is 0 Å². The van der Waals surface area contributed by atoms with Crippen LogP contribution in [0.5, 0.6) is 0 Å². The van der Waals surface area contributed by atoms with Gasteiger partial charge in [0.25, 0.3) is 0 Å². The van der Waals surface area contributed by atoms with Crippen molar-refractivity contribution in [2.45, 2.75) is 6.92 Å². The summed E-state index contributed by atoms with van der Waals surface area (Å²) < 4.78 is 4.88. The fourth-order valence-corrected chi connectivity index (χ4v) is 1.96. The number of imidazole rings is 1. The van der Waals surface area contributed by atoms with Crippen molar-refractivity contribution in [1.29, 1.82) is 0 Å². The van der Waals surface area contributed by atoms with Crippen LogP contribution in [0.2, 0.25) is 0 Å². The number of hydrogen-bond donors (Lipinski definition) is 1. The second kappa shape index (κ2) is 5.58. The van der Waals surface area contributed by atoms with Crippen LogP contribution < -0.4 is 5.76 Å². The quantitative estimate of drug-likeness (QED) is 0.537. The molecule has 0 saturated carbocycles. The number of aromatic amines is 1. The second-order valence-electron chi connectivity index (χ2n) is 4.59. The lowest BCUT2D eigenvalue weighted by Gasteiger charge is -1.94. The van der Waals surface area contributed by atoms with Crippen molar-refractivity contribution in [3.63, 3.8) is 0 Å². The third-order valence-electron chi connectivity index (χ3n) is 3.00. The molecule has 5 heteroatoms. The maximum atomic E-state index is 10.7. The lowest BCUT2D eigenvalue weighted by Crippen LogP contribution is -2.01. The molecule has 0 amide bonds. The van der Waals surface area contributed by atoms with E-state index in [1.165, 1.54) is 6.20 Å². The molecule has 0 atom stereocenters. The SMILES string of the molecule is Cc1ccc2cnc(=O)oc2c1.c1ccc2[nH]cnc2c1. The molecule has 0 fully saturated rings. The van der Waals surface area contributed by atoms with E-state index in [1.54, 1.807) is 6.33 Å². The summed E-state index contributed by atoms with van der Waals surface area (Å²) in [5, 5.41) is 0.847. The summed E-state index contributed by atoms with van der Waals surface area (Å²) in [5.41, 5.74) is 3.78. The van der Waals surface area contributed by atoms with Crippen molar-refractivity contribution >= 4 is 22.0 Å². The highest BCUT2D eigenvalue weighted by atomic mass is 16.4. The number of rotatable bonds is 0. The van der Waals surface area contributed by atoms with Crippen LogP contribution in [-0.4, -0.2) is 15.0 Å². The van der Waals surface area contributed by atoms with Gasteiger partial charge in [0, 0.05) is 11.6 Å². The molecule has 0 bridgehead atoms. The van der Waals surface area contributed by atoms with Crippen LogP contribution in [-0.2, 0) is 0 Å². The van der Waals surface area contributed by atoms with Gasteiger partial charge in [0.2, 0.25) is 0 Å². The first-order chi connectivity index (χ1) is 10.2. The van der Waals surface area contributed by atoms with Crippen LogP contribution in [0.25, 0.3) is 22.0 Å². The first kappa shape index (κ1) is 13.1. The predicted octanol–water partition coefficient (Wildman–Crippen LogP) is 3.06. The lowest BCUT2D eigenvalue weighted by atomic mass is 10.2. The van der Waals surface area contributed by atoms with Crippen molar-refractivity contribution in [1.82, 2.24) is 15.0 Å². The van der Waals surface area contributed by atoms with Gasteiger partial charge in [-0.25, -0.2) is 9.78 Å². The zero-order chi connectivity index (χ0) is 14.7. The molecule has 0 aliphatic carbocycles. The molecular weight excluding hydrogens is 266 g/mol. The van der Waals surface area contributed by atoms with Crippen LogP contribution in [0.15, 0.2) is 64.2 Å². The van der Waals surface area contributed by atoms with Gasteiger partial charge in [-0.2, -0.15) is 4.98 Å². The molecule has 5 nitrogen and oxygen atoms in total. The van der Waals surface area contributed by atoms with Gasteiger partial charge >= 0.3 is 5.76 Å². The Morgan fingerprint density at radius 3 is 2.81 bits per heavy atom. The van der Waals surface area contributed by atoms with E-state index in [0.29, 0.717) is 5.58 Å². The molecule has 0 radical (unpaired) electrons. The predicted molar refractivity (Wildman–Crippen MR) is 81.1 cm³/mol. The molecule has 21 heavy (non-hydrogen) atoms. The normalized spacial score (nSPS) is 10.3. The Hall–Kier alpha value is -2.95. The topological polar surface area (TPSA) is 71.8 Å². The van der Waals surface area contributed by atoms with Gasteiger partial charge in [-0.3, -0.25) is 0 Å². The zero-order valence-electron chi connectivity index (χ0n) is 11.4. The van der Waals surface area contributed by atoms with Gasteiger partial charge in [0.05, 0.1) is 17.4 Å².